The predicted molar refractivity (Wildman–Crippen MR) is 86.5 cm³/mol. The van der Waals surface area contributed by atoms with E-state index in [1.54, 1.807) is 0 Å². The van der Waals surface area contributed by atoms with Crippen molar-refractivity contribution in [1.29, 1.82) is 0 Å². The molecule has 2 N–H and O–H groups in total. The van der Waals surface area contributed by atoms with Crippen molar-refractivity contribution in [2.24, 2.45) is 0 Å². The topological polar surface area (TPSA) is 83.3 Å². The van der Waals surface area contributed by atoms with E-state index in [9.17, 15) is 9.90 Å². The second-order valence-corrected chi connectivity index (χ2v) is 5.17. The lowest BCUT2D eigenvalue weighted by molar-refractivity contribution is 0.220. The standard InChI is InChI=1S/C16H19BN2O3/c1-3-12-13(4-2)18-16(22)19-14(12)9-10-5-7-11(8-6-10)17-15(20)21/h5-8,17H,3-4,9H2,1-2H3,(H,20,21)(H,18,19,22). The second kappa shape index (κ2) is 7.07. The summed E-state index contributed by atoms with van der Waals surface area (Å²) in [5, 5.41) is 18.5. The second-order valence-electron chi connectivity index (χ2n) is 5.17. The number of carboxylic acid groups (broad SMARTS) is 1. The monoisotopic (exact) mass is 298 g/mol. The summed E-state index contributed by atoms with van der Waals surface area (Å²) in [4.78, 5) is 19.0. The summed E-state index contributed by atoms with van der Waals surface area (Å²) in [5.41, 5.74) is 4.59. The molecule has 1 aromatic carbocycles. The molecule has 0 saturated carbocycles. The first-order chi connectivity index (χ1) is 10.5. The number of hydrogen-bond acceptors (Lipinski definition) is 4. The molecule has 0 aliphatic carbocycles. The quantitative estimate of drug-likeness (QED) is 0.792. The van der Waals surface area contributed by atoms with Gasteiger partial charge >= 0.3 is 6.01 Å². The molecule has 2 aromatic rings. The summed E-state index contributed by atoms with van der Waals surface area (Å²) in [6, 6.07) is 7.25. The summed E-state index contributed by atoms with van der Waals surface area (Å²) in [7, 11) is 0.0226. The molecule has 22 heavy (non-hydrogen) atoms. The van der Waals surface area contributed by atoms with E-state index < -0.39 is 5.87 Å². The number of nitrogens with zero attached hydrogens (tertiary/aromatic N) is 2. The molecule has 0 unspecified atom stereocenters. The molecule has 0 fully saturated rings. The predicted octanol–water partition coefficient (Wildman–Crippen LogP) is 1.64. The van der Waals surface area contributed by atoms with Crippen molar-refractivity contribution >= 4 is 18.6 Å². The van der Waals surface area contributed by atoms with Gasteiger partial charge in [0, 0.05) is 6.42 Å². The molecular weight excluding hydrogens is 279 g/mol. The van der Waals surface area contributed by atoms with Crippen LogP contribution in [0.25, 0.3) is 0 Å². The van der Waals surface area contributed by atoms with Gasteiger partial charge in [0.05, 0.1) is 11.4 Å². The number of carbonyl (C=O) groups is 1. The fourth-order valence-electron chi connectivity index (χ4n) is 2.56. The first kappa shape index (κ1) is 16.0. The average molecular weight is 298 g/mol. The maximum Gasteiger partial charge on any atom is 0.314 e. The summed E-state index contributed by atoms with van der Waals surface area (Å²) in [6.45, 7) is 4.06. The molecule has 5 nitrogen and oxygen atoms in total. The molecule has 0 radical (unpaired) electrons. The Balaban J connectivity index is 2.26. The Bertz CT molecular complexity index is 672. The first-order valence-electron chi connectivity index (χ1n) is 7.40. The highest BCUT2D eigenvalue weighted by Gasteiger charge is 2.12. The van der Waals surface area contributed by atoms with Crippen LogP contribution in [-0.4, -0.2) is 33.3 Å². The summed E-state index contributed by atoms with van der Waals surface area (Å²) in [6.07, 6.45) is 2.17. The van der Waals surface area contributed by atoms with E-state index in [1.807, 2.05) is 38.1 Å². The largest absolute Gasteiger partial charge is 0.489 e. The number of hydrogen-bond donors (Lipinski definition) is 2. The van der Waals surface area contributed by atoms with Gasteiger partial charge in [0.1, 0.15) is 0 Å². The van der Waals surface area contributed by atoms with E-state index in [1.165, 1.54) is 0 Å². The van der Waals surface area contributed by atoms with Gasteiger partial charge in [-0.3, -0.25) is 4.79 Å². The molecule has 6 heteroatoms. The first-order valence-corrected chi connectivity index (χ1v) is 7.40. The van der Waals surface area contributed by atoms with Gasteiger partial charge in [0.15, 0.2) is 0 Å². The van der Waals surface area contributed by atoms with Gasteiger partial charge < -0.3 is 10.2 Å². The molecular formula is C16H19BN2O3. The lowest BCUT2D eigenvalue weighted by atomic mass is 9.70. The van der Waals surface area contributed by atoms with Gasteiger partial charge in [-0.2, -0.15) is 4.98 Å². The molecule has 0 aliphatic heterocycles. The Morgan fingerprint density at radius 1 is 1.09 bits per heavy atom. The number of aromatic hydroxyl groups is 1. The van der Waals surface area contributed by atoms with Crippen molar-refractivity contribution in [2.45, 2.75) is 33.1 Å². The van der Waals surface area contributed by atoms with Crippen LogP contribution in [0.5, 0.6) is 6.01 Å². The molecule has 2 rings (SSSR count). The average Bonchev–Trinajstić information content (AvgIpc) is 2.48. The fraction of sp³-hybridized carbons (Fsp3) is 0.312. The van der Waals surface area contributed by atoms with Crippen molar-refractivity contribution in [2.75, 3.05) is 0 Å². The Kier molecular flexibility index (Phi) is 5.14. The summed E-state index contributed by atoms with van der Waals surface area (Å²) in [5.74, 6) is -0.839. The summed E-state index contributed by atoms with van der Waals surface area (Å²) < 4.78 is 0. The minimum Gasteiger partial charge on any atom is -0.489 e. The van der Waals surface area contributed by atoms with Crippen molar-refractivity contribution in [3.05, 3.63) is 46.8 Å². The lowest BCUT2D eigenvalue weighted by Gasteiger charge is -2.11. The fourth-order valence-corrected chi connectivity index (χ4v) is 2.56. The minimum atomic E-state index is -0.839. The van der Waals surface area contributed by atoms with Crippen molar-refractivity contribution in [3.8, 4) is 6.01 Å². The molecule has 114 valence electrons. The van der Waals surface area contributed by atoms with Crippen molar-refractivity contribution < 1.29 is 15.0 Å². The molecule has 0 atom stereocenters. The number of aryl methyl sites for hydroxylation is 1. The maximum atomic E-state index is 10.7. The molecule has 0 bridgehead atoms. The molecule has 1 aromatic heterocycles. The smallest absolute Gasteiger partial charge is 0.314 e. The van der Waals surface area contributed by atoms with Gasteiger partial charge in [0.25, 0.3) is 13.1 Å². The van der Waals surface area contributed by atoms with Crippen LogP contribution in [0.3, 0.4) is 0 Å². The molecule has 0 aliphatic rings. The third-order valence-electron chi connectivity index (χ3n) is 3.60. The number of benzene rings is 1. The van der Waals surface area contributed by atoms with Crippen LogP contribution in [0.15, 0.2) is 24.3 Å². The van der Waals surface area contributed by atoms with Crippen molar-refractivity contribution in [3.63, 3.8) is 0 Å². The minimum absolute atomic E-state index is 0.0226. The SMILES string of the molecule is CCc1nc(O)nc(Cc2ccc(BC(=O)O)cc2)c1CC. The van der Waals surface area contributed by atoms with Crippen LogP contribution >= 0.6 is 0 Å². The van der Waals surface area contributed by atoms with E-state index in [0.717, 1.165) is 40.8 Å². The third-order valence-corrected chi connectivity index (χ3v) is 3.60. The summed E-state index contributed by atoms with van der Waals surface area (Å²) >= 11 is 0. The maximum absolute atomic E-state index is 10.7. The molecule has 0 amide bonds. The van der Waals surface area contributed by atoms with E-state index in [0.29, 0.717) is 6.42 Å². The van der Waals surface area contributed by atoms with E-state index in [-0.39, 0.29) is 13.3 Å². The van der Waals surface area contributed by atoms with Gasteiger partial charge in [-0.15, -0.1) is 0 Å². The third kappa shape index (κ3) is 3.84. The zero-order chi connectivity index (χ0) is 16.1. The zero-order valence-electron chi connectivity index (χ0n) is 12.8. The number of aromatic nitrogens is 2. The van der Waals surface area contributed by atoms with E-state index in [2.05, 4.69) is 9.97 Å². The van der Waals surface area contributed by atoms with Gasteiger partial charge in [-0.1, -0.05) is 43.6 Å². The van der Waals surface area contributed by atoms with Crippen LogP contribution in [-0.2, 0) is 19.3 Å². The van der Waals surface area contributed by atoms with Gasteiger partial charge in [-0.05, 0) is 24.0 Å². The van der Waals surface area contributed by atoms with Crippen LogP contribution in [0.2, 0.25) is 0 Å². The van der Waals surface area contributed by atoms with Crippen LogP contribution < -0.4 is 5.46 Å². The normalized spacial score (nSPS) is 10.5. The molecule has 0 saturated heterocycles. The lowest BCUT2D eigenvalue weighted by Crippen LogP contribution is -2.21. The molecule has 1 heterocycles. The van der Waals surface area contributed by atoms with Crippen LogP contribution in [0.1, 0.15) is 36.4 Å². The van der Waals surface area contributed by atoms with Gasteiger partial charge in [0.2, 0.25) is 0 Å². The van der Waals surface area contributed by atoms with E-state index >= 15 is 0 Å². The van der Waals surface area contributed by atoms with Crippen molar-refractivity contribution in [1.82, 2.24) is 9.97 Å². The Hall–Kier alpha value is -2.37. The van der Waals surface area contributed by atoms with Gasteiger partial charge in [-0.25, -0.2) is 4.98 Å². The Morgan fingerprint density at radius 2 is 1.73 bits per heavy atom. The Morgan fingerprint density at radius 3 is 2.27 bits per heavy atom. The highest BCUT2D eigenvalue weighted by Crippen LogP contribution is 2.19. The van der Waals surface area contributed by atoms with Crippen LogP contribution in [0, 0.1) is 0 Å². The highest BCUT2D eigenvalue weighted by atomic mass is 16.4. The number of rotatable bonds is 6. The molecule has 0 spiro atoms. The van der Waals surface area contributed by atoms with E-state index in [4.69, 9.17) is 5.11 Å². The highest BCUT2D eigenvalue weighted by molar-refractivity contribution is 6.82. The Labute approximate surface area is 130 Å². The van der Waals surface area contributed by atoms with Crippen LogP contribution in [0.4, 0.5) is 4.79 Å². The zero-order valence-corrected chi connectivity index (χ0v) is 12.8.